The Morgan fingerprint density at radius 2 is 2.09 bits per heavy atom. The maximum Gasteiger partial charge on any atom is 0.335 e. The number of aromatic carboxylic acids is 1. The van der Waals surface area contributed by atoms with Gasteiger partial charge in [0.15, 0.2) is 0 Å². The van der Waals surface area contributed by atoms with E-state index in [4.69, 9.17) is 5.11 Å². The molecular weight excluding hydrogens is 296 g/mol. The van der Waals surface area contributed by atoms with E-state index >= 15 is 0 Å². The van der Waals surface area contributed by atoms with Crippen molar-refractivity contribution in [3.8, 4) is 0 Å². The van der Waals surface area contributed by atoms with Crippen LogP contribution in [0.5, 0.6) is 0 Å². The molecule has 2 fully saturated rings. The quantitative estimate of drug-likeness (QED) is 0.827. The van der Waals surface area contributed by atoms with Crippen LogP contribution in [0.15, 0.2) is 24.3 Å². The zero-order chi connectivity index (χ0) is 16.4. The van der Waals surface area contributed by atoms with E-state index in [1.165, 1.54) is 18.9 Å². The first-order chi connectivity index (χ1) is 11.0. The van der Waals surface area contributed by atoms with Crippen LogP contribution in [0.3, 0.4) is 0 Å². The van der Waals surface area contributed by atoms with E-state index < -0.39 is 5.97 Å². The van der Waals surface area contributed by atoms with Crippen molar-refractivity contribution in [1.82, 2.24) is 10.2 Å². The summed E-state index contributed by atoms with van der Waals surface area (Å²) in [6.45, 7) is 1.55. The largest absolute Gasteiger partial charge is 0.478 e. The minimum atomic E-state index is -0.990. The molecular formula is C17H20N2O4. The van der Waals surface area contributed by atoms with Crippen LogP contribution in [-0.4, -0.2) is 40.9 Å². The van der Waals surface area contributed by atoms with E-state index in [0.717, 1.165) is 12.1 Å². The highest BCUT2D eigenvalue weighted by Gasteiger charge is 2.36. The van der Waals surface area contributed by atoms with E-state index in [1.807, 2.05) is 0 Å². The highest BCUT2D eigenvalue weighted by atomic mass is 16.4. The average molecular weight is 316 g/mol. The number of nitrogens with one attached hydrogen (secondary N) is 1. The van der Waals surface area contributed by atoms with Crippen molar-refractivity contribution in [3.63, 3.8) is 0 Å². The molecule has 0 spiro atoms. The Labute approximate surface area is 134 Å². The summed E-state index contributed by atoms with van der Waals surface area (Å²) in [5.74, 6) is -0.749. The number of carboxylic acid groups (broad SMARTS) is 1. The normalized spacial score (nSPS) is 20.6. The van der Waals surface area contributed by atoms with Crippen LogP contribution in [0.2, 0.25) is 0 Å². The van der Waals surface area contributed by atoms with Gasteiger partial charge in [-0.25, -0.2) is 4.79 Å². The van der Waals surface area contributed by atoms with E-state index in [2.05, 4.69) is 5.32 Å². The van der Waals surface area contributed by atoms with Crippen LogP contribution >= 0.6 is 0 Å². The van der Waals surface area contributed by atoms with E-state index in [0.29, 0.717) is 12.5 Å². The second kappa shape index (κ2) is 6.40. The lowest BCUT2D eigenvalue weighted by molar-refractivity contribution is -0.129. The molecule has 0 aromatic heterocycles. The van der Waals surface area contributed by atoms with Crippen molar-refractivity contribution in [2.24, 2.45) is 11.8 Å². The summed E-state index contributed by atoms with van der Waals surface area (Å²) in [6, 6.07) is 6.48. The number of carbonyl (C=O) groups excluding carboxylic acids is 2. The molecule has 1 saturated carbocycles. The molecule has 6 heteroatoms. The molecule has 1 heterocycles. The molecule has 0 unspecified atom stereocenters. The zero-order valence-corrected chi connectivity index (χ0v) is 12.8. The maximum absolute atomic E-state index is 12.2. The predicted octanol–water partition coefficient (Wildman–Crippen LogP) is 1.26. The van der Waals surface area contributed by atoms with Gasteiger partial charge in [0.05, 0.1) is 11.5 Å². The van der Waals surface area contributed by atoms with Gasteiger partial charge in [-0.2, -0.15) is 0 Å². The topological polar surface area (TPSA) is 86.7 Å². The summed E-state index contributed by atoms with van der Waals surface area (Å²) in [5.41, 5.74) is 0.931. The highest BCUT2D eigenvalue weighted by molar-refractivity contribution is 5.89. The Hall–Kier alpha value is -2.37. The van der Waals surface area contributed by atoms with Gasteiger partial charge in [-0.05, 0) is 36.5 Å². The average Bonchev–Trinajstić information content (AvgIpc) is 3.28. The Bertz CT molecular complexity index is 639. The summed E-state index contributed by atoms with van der Waals surface area (Å²) in [7, 11) is 0. The third kappa shape index (κ3) is 3.88. The van der Waals surface area contributed by atoms with Crippen LogP contribution < -0.4 is 5.32 Å². The fraction of sp³-hybridized carbons (Fsp3) is 0.471. The summed E-state index contributed by atoms with van der Waals surface area (Å²) >= 11 is 0. The SMILES string of the molecule is O=C(O)c1cccc(CNC(=O)[C@H]2CC(=O)N(CC3CC3)C2)c1. The van der Waals surface area contributed by atoms with Crippen molar-refractivity contribution in [1.29, 1.82) is 0 Å². The van der Waals surface area contributed by atoms with Gasteiger partial charge in [0.25, 0.3) is 0 Å². The number of benzene rings is 1. The molecule has 0 bridgehead atoms. The van der Waals surface area contributed by atoms with Crippen LogP contribution in [0.25, 0.3) is 0 Å². The molecule has 1 aliphatic carbocycles. The summed E-state index contributed by atoms with van der Waals surface area (Å²) in [4.78, 5) is 36.9. The number of hydrogen-bond donors (Lipinski definition) is 2. The molecule has 6 nitrogen and oxygen atoms in total. The van der Waals surface area contributed by atoms with Crippen LogP contribution in [0.1, 0.15) is 35.2 Å². The van der Waals surface area contributed by atoms with Crippen molar-refractivity contribution in [2.75, 3.05) is 13.1 Å². The molecule has 1 aliphatic heterocycles. The molecule has 2 N–H and O–H groups in total. The van der Waals surface area contributed by atoms with Gasteiger partial charge in [-0.15, -0.1) is 0 Å². The molecule has 122 valence electrons. The van der Waals surface area contributed by atoms with Crippen molar-refractivity contribution >= 4 is 17.8 Å². The maximum atomic E-state index is 12.2. The lowest BCUT2D eigenvalue weighted by Gasteiger charge is -2.16. The van der Waals surface area contributed by atoms with Gasteiger partial charge in [0, 0.05) is 26.1 Å². The lowest BCUT2D eigenvalue weighted by atomic mass is 10.1. The van der Waals surface area contributed by atoms with Gasteiger partial charge in [-0.1, -0.05) is 12.1 Å². The first-order valence-corrected chi connectivity index (χ1v) is 7.90. The molecule has 23 heavy (non-hydrogen) atoms. The van der Waals surface area contributed by atoms with E-state index in [-0.39, 0.29) is 36.3 Å². The second-order valence-electron chi connectivity index (χ2n) is 6.37. The number of carboxylic acids is 1. The number of carbonyl (C=O) groups is 3. The molecule has 1 aromatic carbocycles. The van der Waals surface area contributed by atoms with E-state index in [1.54, 1.807) is 23.1 Å². The monoisotopic (exact) mass is 316 g/mol. The Morgan fingerprint density at radius 3 is 2.78 bits per heavy atom. The Morgan fingerprint density at radius 1 is 1.30 bits per heavy atom. The molecule has 2 aliphatic rings. The molecule has 1 saturated heterocycles. The zero-order valence-electron chi connectivity index (χ0n) is 12.8. The van der Waals surface area contributed by atoms with Gasteiger partial charge in [0.1, 0.15) is 0 Å². The molecule has 1 atom stereocenters. The Kier molecular flexibility index (Phi) is 4.32. The van der Waals surface area contributed by atoms with Gasteiger partial charge >= 0.3 is 5.97 Å². The number of rotatable bonds is 6. The number of amides is 2. The van der Waals surface area contributed by atoms with Crippen LogP contribution in [0.4, 0.5) is 0 Å². The van der Waals surface area contributed by atoms with Crippen LogP contribution in [-0.2, 0) is 16.1 Å². The number of nitrogens with zero attached hydrogens (tertiary/aromatic N) is 1. The smallest absolute Gasteiger partial charge is 0.335 e. The van der Waals surface area contributed by atoms with Crippen molar-refractivity contribution in [2.45, 2.75) is 25.8 Å². The first kappa shape index (κ1) is 15.5. The Balaban J connectivity index is 1.52. The third-order valence-corrected chi connectivity index (χ3v) is 4.40. The number of likely N-dealkylation sites (tertiary alicyclic amines) is 1. The molecule has 0 radical (unpaired) electrons. The minimum Gasteiger partial charge on any atom is -0.478 e. The molecule has 3 rings (SSSR count). The predicted molar refractivity (Wildman–Crippen MR) is 82.7 cm³/mol. The van der Waals surface area contributed by atoms with Crippen LogP contribution in [0, 0.1) is 11.8 Å². The molecule has 1 aromatic rings. The first-order valence-electron chi connectivity index (χ1n) is 7.90. The minimum absolute atomic E-state index is 0.0601. The second-order valence-corrected chi connectivity index (χ2v) is 6.37. The van der Waals surface area contributed by atoms with Crippen molar-refractivity contribution < 1.29 is 19.5 Å². The fourth-order valence-corrected chi connectivity index (χ4v) is 2.88. The summed E-state index contributed by atoms with van der Waals surface area (Å²) in [6.07, 6.45) is 2.63. The van der Waals surface area contributed by atoms with Crippen molar-refractivity contribution in [3.05, 3.63) is 35.4 Å². The summed E-state index contributed by atoms with van der Waals surface area (Å²) < 4.78 is 0. The lowest BCUT2D eigenvalue weighted by Crippen LogP contribution is -2.33. The van der Waals surface area contributed by atoms with Gasteiger partial charge in [-0.3, -0.25) is 9.59 Å². The van der Waals surface area contributed by atoms with Gasteiger partial charge < -0.3 is 15.3 Å². The highest BCUT2D eigenvalue weighted by Crippen LogP contribution is 2.32. The standard InChI is InChI=1S/C17H20N2O4/c20-15-7-14(10-19(15)9-11-4-5-11)16(21)18-8-12-2-1-3-13(6-12)17(22)23/h1-3,6,11,14H,4-5,7-10H2,(H,18,21)(H,22,23)/t14-/m0/s1. The van der Waals surface area contributed by atoms with Gasteiger partial charge in [0.2, 0.25) is 11.8 Å². The fourth-order valence-electron chi connectivity index (χ4n) is 2.88. The summed E-state index contributed by atoms with van der Waals surface area (Å²) in [5, 5.41) is 11.8. The third-order valence-electron chi connectivity index (χ3n) is 4.40. The number of hydrogen-bond acceptors (Lipinski definition) is 3. The van der Waals surface area contributed by atoms with E-state index in [9.17, 15) is 14.4 Å². The molecule has 2 amide bonds.